The first-order chi connectivity index (χ1) is 20.9. The van der Waals surface area contributed by atoms with E-state index in [0.29, 0.717) is 45.2 Å². The number of carbonyl (C=O) groups excluding carboxylic acids is 4. The van der Waals surface area contributed by atoms with Crippen molar-refractivity contribution in [2.24, 2.45) is 0 Å². The van der Waals surface area contributed by atoms with Crippen molar-refractivity contribution in [1.29, 1.82) is 0 Å². The molecule has 2 N–H and O–H groups in total. The molecule has 2 aliphatic rings. The SMILES string of the molecule is CC(C)OC(=O)[C@@H](CCCCNC(=O)OCC1c2ccccc2-c2ccccc21)NC(=O)[C@@H]1CCCN1C(=O)OC(C)(C)C. The summed E-state index contributed by atoms with van der Waals surface area (Å²) in [7, 11) is 0. The standard InChI is InChI=1S/C34H45N3O7/c1-22(2)43-31(39)28(36-30(38)29-18-12-20-37(29)33(41)44-34(3,4)5)17-10-11-19-35-32(40)42-21-27-25-15-8-6-13-23(25)24-14-7-9-16-26(24)27/h6-9,13-16,22,27-29H,10-12,17-21H2,1-5H3,(H,35,40)(H,36,38)/t28-,29+/m1/s1. The Kier molecular flexibility index (Phi) is 10.9. The summed E-state index contributed by atoms with van der Waals surface area (Å²) in [6.07, 6.45) is 1.20. The zero-order chi connectivity index (χ0) is 31.9. The molecule has 2 aromatic rings. The highest BCUT2D eigenvalue weighted by Crippen LogP contribution is 2.44. The fourth-order valence-electron chi connectivity index (χ4n) is 5.72. The third-order valence-electron chi connectivity index (χ3n) is 7.67. The molecule has 44 heavy (non-hydrogen) atoms. The number of hydrogen-bond donors (Lipinski definition) is 2. The second-order valence-corrected chi connectivity index (χ2v) is 12.6. The maximum absolute atomic E-state index is 13.2. The fraction of sp³-hybridized carbons (Fsp3) is 0.529. The summed E-state index contributed by atoms with van der Waals surface area (Å²) < 4.78 is 16.5. The van der Waals surface area contributed by atoms with Gasteiger partial charge >= 0.3 is 18.2 Å². The monoisotopic (exact) mass is 607 g/mol. The summed E-state index contributed by atoms with van der Waals surface area (Å²) in [6, 6.07) is 14.7. The average Bonchev–Trinajstić information content (AvgIpc) is 3.58. The van der Waals surface area contributed by atoms with E-state index in [2.05, 4.69) is 34.9 Å². The van der Waals surface area contributed by atoms with Gasteiger partial charge in [0.25, 0.3) is 0 Å². The lowest BCUT2D eigenvalue weighted by molar-refractivity contribution is -0.152. The number of ether oxygens (including phenoxy) is 3. The van der Waals surface area contributed by atoms with E-state index in [1.165, 1.54) is 16.0 Å². The number of hydrogen-bond acceptors (Lipinski definition) is 7. The number of carbonyl (C=O) groups is 4. The molecule has 4 rings (SSSR count). The van der Waals surface area contributed by atoms with E-state index < -0.39 is 41.7 Å². The Bertz CT molecular complexity index is 1290. The topological polar surface area (TPSA) is 123 Å². The summed E-state index contributed by atoms with van der Waals surface area (Å²) in [4.78, 5) is 52.6. The summed E-state index contributed by atoms with van der Waals surface area (Å²) in [5.41, 5.74) is 3.95. The number of benzene rings is 2. The van der Waals surface area contributed by atoms with Crippen molar-refractivity contribution in [2.75, 3.05) is 19.7 Å². The molecule has 0 radical (unpaired) electrons. The second kappa shape index (κ2) is 14.6. The molecule has 0 aromatic heterocycles. The van der Waals surface area contributed by atoms with Crippen molar-refractivity contribution in [2.45, 2.75) is 96.4 Å². The third kappa shape index (κ3) is 8.51. The van der Waals surface area contributed by atoms with Crippen LogP contribution in [0.2, 0.25) is 0 Å². The Labute approximate surface area is 259 Å². The molecule has 1 heterocycles. The summed E-state index contributed by atoms with van der Waals surface area (Å²) >= 11 is 0. The van der Waals surface area contributed by atoms with Crippen molar-refractivity contribution < 1.29 is 33.4 Å². The third-order valence-corrected chi connectivity index (χ3v) is 7.67. The van der Waals surface area contributed by atoms with Crippen molar-refractivity contribution in [3.8, 4) is 11.1 Å². The molecule has 2 atom stereocenters. The van der Waals surface area contributed by atoms with Crippen LogP contribution in [0.25, 0.3) is 11.1 Å². The van der Waals surface area contributed by atoms with Crippen molar-refractivity contribution in [3.05, 3.63) is 59.7 Å². The van der Waals surface area contributed by atoms with Gasteiger partial charge in [-0.3, -0.25) is 9.69 Å². The Hall–Kier alpha value is -4.08. The molecular weight excluding hydrogens is 562 g/mol. The van der Waals surface area contributed by atoms with Crippen molar-refractivity contribution >= 4 is 24.1 Å². The molecule has 0 saturated carbocycles. The second-order valence-electron chi connectivity index (χ2n) is 12.6. The van der Waals surface area contributed by atoms with Crippen LogP contribution in [0.5, 0.6) is 0 Å². The van der Waals surface area contributed by atoms with E-state index >= 15 is 0 Å². The van der Waals surface area contributed by atoms with E-state index in [-0.39, 0.29) is 18.6 Å². The van der Waals surface area contributed by atoms with Crippen molar-refractivity contribution in [1.82, 2.24) is 15.5 Å². The van der Waals surface area contributed by atoms with E-state index in [0.717, 1.165) is 11.1 Å². The highest BCUT2D eigenvalue weighted by atomic mass is 16.6. The average molecular weight is 608 g/mol. The van der Waals surface area contributed by atoms with Crippen LogP contribution in [0.3, 0.4) is 0 Å². The van der Waals surface area contributed by atoms with Gasteiger partial charge in [0.15, 0.2) is 0 Å². The summed E-state index contributed by atoms with van der Waals surface area (Å²) in [5, 5.41) is 5.59. The molecule has 0 bridgehead atoms. The summed E-state index contributed by atoms with van der Waals surface area (Å²) in [6.45, 7) is 9.81. The molecule has 3 amide bonds. The lowest BCUT2D eigenvalue weighted by Crippen LogP contribution is -2.52. The molecule has 0 unspecified atom stereocenters. The zero-order valence-corrected chi connectivity index (χ0v) is 26.4. The van der Waals surface area contributed by atoms with Gasteiger partial charge in [0, 0.05) is 19.0 Å². The van der Waals surface area contributed by atoms with Crippen LogP contribution in [-0.4, -0.2) is 72.4 Å². The van der Waals surface area contributed by atoms with Gasteiger partial charge < -0.3 is 24.8 Å². The Morgan fingerprint density at radius 3 is 2.20 bits per heavy atom. The number of alkyl carbamates (subject to hydrolysis) is 1. The number of fused-ring (bicyclic) bond motifs is 3. The van der Waals surface area contributed by atoms with Gasteiger partial charge in [0.05, 0.1) is 6.10 Å². The zero-order valence-electron chi connectivity index (χ0n) is 26.4. The maximum atomic E-state index is 13.2. The fourth-order valence-corrected chi connectivity index (χ4v) is 5.72. The largest absolute Gasteiger partial charge is 0.461 e. The van der Waals surface area contributed by atoms with E-state index in [9.17, 15) is 19.2 Å². The quantitative estimate of drug-likeness (QED) is 0.196. The van der Waals surface area contributed by atoms with E-state index in [1.807, 2.05) is 24.3 Å². The van der Waals surface area contributed by atoms with Gasteiger partial charge in [0.2, 0.25) is 5.91 Å². The molecule has 1 saturated heterocycles. The molecule has 1 fully saturated rings. The Morgan fingerprint density at radius 1 is 0.955 bits per heavy atom. The molecule has 0 spiro atoms. The first-order valence-electron chi connectivity index (χ1n) is 15.5. The normalized spacial score (nSPS) is 16.6. The van der Waals surface area contributed by atoms with E-state index in [4.69, 9.17) is 14.2 Å². The maximum Gasteiger partial charge on any atom is 0.410 e. The lowest BCUT2D eigenvalue weighted by atomic mass is 9.98. The number of esters is 1. The van der Waals surface area contributed by atoms with Crippen LogP contribution in [0.4, 0.5) is 9.59 Å². The van der Waals surface area contributed by atoms with Crippen LogP contribution in [0.1, 0.15) is 83.8 Å². The van der Waals surface area contributed by atoms with Crippen LogP contribution in [0.15, 0.2) is 48.5 Å². The van der Waals surface area contributed by atoms with Gasteiger partial charge in [-0.25, -0.2) is 14.4 Å². The first kappa shape index (κ1) is 32.8. The van der Waals surface area contributed by atoms with Crippen LogP contribution in [-0.2, 0) is 23.8 Å². The Balaban J connectivity index is 1.24. The van der Waals surface area contributed by atoms with Gasteiger partial charge in [0.1, 0.15) is 24.3 Å². The molecule has 10 nitrogen and oxygen atoms in total. The Morgan fingerprint density at radius 2 is 1.59 bits per heavy atom. The highest BCUT2D eigenvalue weighted by molar-refractivity contribution is 5.90. The minimum absolute atomic E-state index is 0.0180. The van der Waals surface area contributed by atoms with Crippen LogP contribution >= 0.6 is 0 Å². The van der Waals surface area contributed by atoms with Crippen LogP contribution < -0.4 is 10.6 Å². The van der Waals surface area contributed by atoms with Gasteiger partial charge in [-0.15, -0.1) is 0 Å². The van der Waals surface area contributed by atoms with Gasteiger partial charge in [-0.05, 0) is 89.0 Å². The molecule has 1 aliphatic heterocycles. The molecule has 238 valence electrons. The number of nitrogens with zero attached hydrogens (tertiary/aromatic N) is 1. The number of rotatable bonds is 11. The predicted octanol–water partition coefficient (Wildman–Crippen LogP) is 5.53. The number of amides is 3. The van der Waals surface area contributed by atoms with Gasteiger partial charge in [-0.2, -0.15) is 0 Å². The number of unbranched alkanes of at least 4 members (excludes halogenated alkanes) is 1. The predicted molar refractivity (Wildman–Crippen MR) is 166 cm³/mol. The number of nitrogens with one attached hydrogen (secondary N) is 2. The minimum Gasteiger partial charge on any atom is -0.461 e. The van der Waals surface area contributed by atoms with Gasteiger partial charge in [-0.1, -0.05) is 48.5 Å². The number of likely N-dealkylation sites (tertiary alicyclic amines) is 1. The lowest BCUT2D eigenvalue weighted by Gasteiger charge is -2.29. The minimum atomic E-state index is -0.875. The van der Waals surface area contributed by atoms with E-state index in [1.54, 1.807) is 34.6 Å². The first-order valence-corrected chi connectivity index (χ1v) is 15.5. The molecular formula is C34H45N3O7. The summed E-state index contributed by atoms with van der Waals surface area (Å²) in [5.74, 6) is -0.953. The van der Waals surface area contributed by atoms with Crippen molar-refractivity contribution in [3.63, 3.8) is 0 Å². The molecule has 1 aliphatic carbocycles. The molecule has 2 aromatic carbocycles. The smallest absolute Gasteiger partial charge is 0.410 e. The van der Waals surface area contributed by atoms with Crippen LogP contribution in [0, 0.1) is 0 Å². The molecule has 10 heteroatoms. The highest BCUT2D eigenvalue weighted by Gasteiger charge is 2.38.